The van der Waals surface area contributed by atoms with Gasteiger partial charge < -0.3 is 0 Å². The van der Waals surface area contributed by atoms with Gasteiger partial charge in [-0.1, -0.05) is 6.58 Å². The number of aliphatic imine (C=N–C) groups is 1. The van der Waals surface area contributed by atoms with Gasteiger partial charge in [0, 0.05) is 12.4 Å². The van der Waals surface area contributed by atoms with Gasteiger partial charge in [0.1, 0.15) is 0 Å². The van der Waals surface area contributed by atoms with E-state index in [0.717, 1.165) is 0 Å². The van der Waals surface area contributed by atoms with Crippen LogP contribution in [0.4, 0.5) is 0 Å². The average Bonchev–Trinajstić information content (AvgIpc) is 1.41. The second kappa shape index (κ2) is 3.41. The molecule has 0 aliphatic carbocycles. The van der Waals surface area contributed by atoms with Gasteiger partial charge >= 0.3 is 0 Å². The molecule has 5 heavy (non-hydrogen) atoms. The molecule has 0 unspecified atom stereocenters. The summed E-state index contributed by atoms with van der Waals surface area (Å²) in [6.45, 7) is 5.20. The highest BCUT2D eigenvalue weighted by molar-refractivity contribution is 5.53. The fraction of sp³-hybridized carbons (Fsp3) is 0.250. The van der Waals surface area contributed by atoms with Crippen molar-refractivity contribution in [2.24, 2.45) is 4.99 Å². The predicted molar refractivity (Wildman–Crippen MR) is 24.4 cm³/mol. The van der Waals surface area contributed by atoms with Crippen LogP contribution in [0.5, 0.6) is 0 Å². The van der Waals surface area contributed by atoms with Crippen molar-refractivity contribution >= 4 is 6.21 Å². The van der Waals surface area contributed by atoms with Crippen LogP contribution in [-0.4, -0.2) is 6.21 Å². The Balaban J connectivity index is 2.92. The maximum atomic E-state index is 3.61. The van der Waals surface area contributed by atoms with E-state index in [1.807, 2.05) is 6.92 Å². The van der Waals surface area contributed by atoms with Crippen LogP contribution in [0.25, 0.3) is 0 Å². The van der Waals surface area contributed by atoms with E-state index in [-0.39, 0.29) is 0 Å². The third-order valence-electron chi connectivity index (χ3n) is 0.254. The van der Waals surface area contributed by atoms with Gasteiger partial charge in [-0.15, -0.1) is 0 Å². The van der Waals surface area contributed by atoms with E-state index in [1.54, 1.807) is 6.21 Å². The van der Waals surface area contributed by atoms with Crippen LogP contribution < -0.4 is 0 Å². The van der Waals surface area contributed by atoms with E-state index in [4.69, 9.17) is 0 Å². The maximum Gasteiger partial charge on any atom is 0.0191 e. The predicted octanol–water partition coefficient (Wildman–Crippen LogP) is 1.22. The molecular formula is C4H7N. The molecule has 1 heteroatoms. The molecule has 0 atom stereocenters. The SMILES string of the molecule is C=C/N=C\C. The quantitative estimate of drug-likeness (QED) is 0.410. The lowest BCUT2D eigenvalue weighted by Crippen LogP contribution is -1.46. The maximum absolute atomic E-state index is 3.61. The first-order valence-electron chi connectivity index (χ1n) is 1.50. The first kappa shape index (κ1) is 4.41. The molecule has 0 saturated heterocycles. The van der Waals surface area contributed by atoms with Crippen LogP contribution in [0.2, 0.25) is 0 Å². The Bertz CT molecular complexity index is 45.6. The fourth-order valence-electron chi connectivity index (χ4n) is 0.105. The number of hydrogen-bond donors (Lipinski definition) is 0. The molecule has 0 rings (SSSR count). The van der Waals surface area contributed by atoms with Crippen molar-refractivity contribution in [1.29, 1.82) is 0 Å². The van der Waals surface area contributed by atoms with Gasteiger partial charge in [-0.25, -0.2) is 0 Å². The van der Waals surface area contributed by atoms with Crippen LogP contribution in [0.15, 0.2) is 17.8 Å². The Labute approximate surface area is 32.0 Å². The topological polar surface area (TPSA) is 12.4 Å². The molecule has 0 radical (unpaired) electrons. The highest BCUT2D eigenvalue weighted by Crippen LogP contribution is 1.57. The van der Waals surface area contributed by atoms with Gasteiger partial charge in [0.15, 0.2) is 0 Å². The molecule has 0 heterocycles. The summed E-state index contributed by atoms with van der Waals surface area (Å²) in [4.78, 5) is 3.61. The lowest BCUT2D eigenvalue weighted by molar-refractivity contribution is 1.60. The minimum absolute atomic E-state index is 1.50. The minimum atomic E-state index is 1.50. The van der Waals surface area contributed by atoms with Crippen molar-refractivity contribution < 1.29 is 0 Å². The Kier molecular flexibility index (Phi) is 3.01. The van der Waals surface area contributed by atoms with Gasteiger partial charge in [-0.05, 0) is 6.92 Å². The molecule has 1 nitrogen and oxygen atoms in total. The second-order valence-corrected chi connectivity index (χ2v) is 0.590. The Hall–Kier alpha value is -0.590. The summed E-state index contributed by atoms with van der Waals surface area (Å²) in [5, 5.41) is 0. The average molecular weight is 69.1 g/mol. The molecule has 0 aromatic rings. The molecule has 0 aliphatic rings. The number of hydrogen-bond acceptors (Lipinski definition) is 1. The third-order valence-corrected chi connectivity index (χ3v) is 0.254. The number of rotatable bonds is 1. The largest absolute Gasteiger partial charge is 0.270 e. The zero-order valence-corrected chi connectivity index (χ0v) is 3.31. The summed E-state index contributed by atoms with van der Waals surface area (Å²) < 4.78 is 0. The van der Waals surface area contributed by atoms with Crippen molar-refractivity contribution in [2.75, 3.05) is 0 Å². The molecule has 0 aromatic heterocycles. The highest BCUT2D eigenvalue weighted by Gasteiger charge is 1.40. The molecule has 28 valence electrons. The Morgan fingerprint density at radius 3 is 2.40 bits per heavy atom. The lowest BCUT2D eigenvalue weighted by atomic mass is 10.9. The van der Waals surface area contributed by atoms with E-state index in [2.05, 4.69) is 11.6 Å². The van der Waals surface area contributed by atoms with Crippen LogP contribution in [0.1, 0.15) is 6.92 Å². The number of nitrogens with zero attached hydrogens (tertiary/aromatic N) is 1. The standard InChI is InChI=1S/C4H7N/c1-3-5-4-2/h3-4H,1H2,2H3/b5-4-. The monoisotopic (exact) mass is 69.1 g/mol. The van der Waals surface area contributed by atoms with E-state index >= 15 is 0 Å². The van der Waals surface area contributed by atoms with Gasteiger partial charge in [-0.2, -0.15) is 0 Å². The molecule has 0 aliphatic heterocycles. The minimum Gasteiger partial charge on any atom is -0.270 e. The first-order chi connectivity index (χ1) is 2.41. The smallest absolute Gasteiger partial charge is 0.0191 e. The molecule has 0 aromatic carbocycles. The summed E-state index contributed by atoms with van der Waals surface area (Å²) in [6, 6.07) is 0. The highest BCUT2D eigenvalue weighted by atomic mass is 14.6. The molecule has 0 saturated carbocycles. The van der Waals surface area contributed by atoms with Crippen molar-refractivity contribution in [3.8, 4) is 0 Å². The van der Waals surface area contributed by atoms with Gasteiger partial charge in [0.2, 0.25) is 0 Å². The van der Waals surface area contributed by atoms with E-state index in [9.17, 15) is 0 Å². The van der Waals surface area contributed by atoms with Crippen molar-refractivity contribution in [3.63, 3.8) is 0 Å². The zero-order valence-electron chi connectivity index (χ0n) is 3.31. The normalized spacial score (nSPS) is 9.00. The van der Waals surface area contributed by atoms with Crippen LogP contribution in [-0.2, 0) is 0 Å². The van der Waals surface area contributed by atoms with Crippen molar-refractivity contribution in [2.45, 2.75) is 6.92 Å². The second-order valence-electron chi connectivity index (χ2n) is 0.590. The van der Waals surface area contributed by atoms with Gasteiger partial charge in [0.05, 0.1) is 0 Å². The summed E-state index contributed by atoms with van der Waals surface area (Å²) in [7, 11) is 0. The van der Waals surface area contributed by atoms with Gasteiger partial charge in [-0.3, -0.25) is 4.99 Å². The van der Waals surface area contributed by atoms with E-state index in [0.29, 0.717) is 0 Å². The Morgan fingerprint density at radius 2 is 2.40 bits per heavy atom. The van der Waals surface area contributed by atoms with E-state index in [1.165, 1.54) is 6.20 Å². The van der Waals surface area contributed by atoms with Crippen LogP contribution in [0.3, 0.4) is 0 Å². The summed E-state index contributed by atoms with van der Waals surface area (Å²) in [6.07, 6.45) is 3.19. The van der Waals surface area contributed by atoms with Gasteiger partial charge in [0.25, 0.3) is 0 Å². The molecule has 0 spiro atoms. The summed E-state index contributed by atoms with van der Waals surface area (Å²) >= 11 is 0. The molecule has 0 fully saturated rings. The van der Waals surface area contributed by atoms with Crippen LogP contribution in [0, 0.1) is 0 Å². The lowest BCUT2D eigenvalue weighted by Gasteiger charge is -1.58. The van der Waals surface area contributed by atoms with Crippen LogP contribution >= 0.6 is 0 Å². The fourth-order valence-corrected chi connectivity index (χ4v) is 0.105. The first-order valence-corrected chi connectivity index (χ1v) is 1.50. The Morgan fingerprint density at radius 1 is 1.80 bits per heavy atom. The molecular weight excluding hydrogens is 62.1 g/mol. The molecule has 0 amide bonds. The van der Waals surface area contributed by atoms with E-state index < -0.39 is 0 Å². The third kappa shape index (κ3) is 3.41. The molecule has 0 N–H and O–H groups in total. The van der Waals surface area contributed by atoms with Crippen molar-refractivity contribution in [1.82, 2.24) is 0 Å². The van der Waals surface area contributed by atoms with Crippen molar-refractivity contribution in [3.05, 3.63) is 12.8 Å². The summed E-state index contributed by atoms with van der Waals surface area (Å²) in [5.41, 5.74) is 0. The summed E-state index contributed by atoms with van der Waals surface area (Å²) in [5.74, 6) is 0. The zero-order chi connectivity index (χ0) is 4.12. The molecule has 0 bridgehead atoms.